The van der Waals surface area contributed by atoms with Gasteiger partial charge in [-0.05, 0) is 30.4 Å². The summed E-state index contributed by atoms with van der Waals surface area (Å²) in [5, 5.41) is 11.5. The minimum Gasteiger partial charge on any atom is -0.334 e. The summed E-state index contributed by atoms with van der Waals surface area (Å²) in [7, 11) is 0. The highest BCUT2D eigenvalue weighted by atomic mass is 32.1. The Bertz CT molecular complexity index is 983. The first-order valence-electron chi connectivity index (χ1n) is 7.79. The van der Waals surface area contributed by atoms with Gasteiger partial charge in [0.05, 0.1) is 16.3 Å². The summed E-state index contributed by atoms with van der Waals surface area (Å²) in [6.07, 6.45) is 2.56. The summed E-state index contributed by atoms with van der Waals surface area (Å²) in [5.74, 6) is 1.86. The SMILES string of the molecule is c1cc(-c2csc(C3CC3)n2)cc(-c2noc(-c3ccsc3)n2)c1. The number of rotatable bonds is 4. The normalized spacial score (nSPS) is 14.2. The maximum Gasteiger partial charge on any atom is 0.259 e. The Kier molecular flexibility index (Phi) is 3.31. The van der Waals surface area contributed by atoms with Crippen LogP contribution in [0.15, 0.2) is 51.0 Å². The molecular formula is C18H13N3OS2. The Morgan fingerprint density at radius 3 is 2.75 bits per heavy atom. The number of thiophene rings is 1. The molecule has 4 nitrogen and oxygen atoms in total. The van der Waals surface area contributed by atoms with Gasteiger partial charge in [-0.25, -0.2) is 4.98 Å². The van der Waals surface area contributed by atoms with E-state index in [0.29, 0.717) is 17.6 Å². The zero-order chi connectivity index (χ0) is 15.9. The molecule has 0 unspecified atom stereocenters. The standard InChI is InChI=1S/C18H13N3OS2/c1-2-12(15-10-24-18(19-15)11-4-5-11)8-13(3-1)16-20-17(22-21-16)14-6-7-23-9-14/h1-3,6-11H,4-5H2. The zero-order valence-corrected chi connectivity index (χ0v) is 14.3. The molecule has 3 heterocycles. The molecule has 0 aliphatic heterocycles. The molecule has 0 N–H and O–H groups in total. The van der Waals surface area contributed by atoms with Gasteiger partial charge >= 0.3 is 0 Å². The van der Waals surface area contributed by atoms with E-state index in [4.69, 9.17) is 9.51 Å². The lowest BCUT2D eigenvalue weighted by molar-refractivity contribution is 0.432. The van der Waals surface area contributed by atoms with Gasteiger partial charge in [-0.3, -0.25) is 0 Å². The molecule has 1 aromatic carbocycles. The largest absolute Gasteiger partial charge is 0.334 e. The highest BCUT2D eigenvalue weighted by Gasteiger charge is 2.26. The zero-order valence-electron chi connectivity index (χ0n) is 12.7. The van der Waals surface area contributed by atoms with E-state index in [1.54, 1.807) is 22.7 Å². The average Bonchev–Trinajstić information content (AvgIpc) is 3.07. The number of nitrogens with zero attached hydrogens (tertiary/aromatic N) is 3. The van der Waals surface area contributed by atoms with Gasteiger partial charge < -0.3 is 4.52 Å². The van der Waals surface area contributed by atoms with E-state index in [-0.39, 0.29) is 0 Å². The Hall–Kier alpha value is -2.31. The fourth-order valence-electron chi connectivity index (χ4n) is 2.60. The van der Waals surface area contributed by atoms with Crippen LogP contribution in [0.5, 0.6) is 0 Å². The molecule has 0 radical (unpaired) electrons. The van der Waals surface area contributed by atoms with E-state index in [9.17, 15) is 0 Å². The van der Waals surface area contributed by atoms with Gasteiger partial charge in [-0.2, -0.15) is 16.3 Å². The molecule has 3 aromatic heterocycles. The van der Waals surface area contributed by atoms with Crippen LogP contribution in [0.3, 0.4) is 0 Å². The number of hydrogen-bond donors (Lipinski definition) is 0. The topological polar surface area (TPSA) is 51.8 Å². The molecule has 0 amide bonds. The van der Waals surface area contributed by atoms with E-state index >= 15 is 0 Å². The van der Waals surface area contributed by atoms with E-state index < -0.39 is 0 Å². The lowest BCUT2D eigenvalue weighted by Gasteiger charge is -1.99. The summed E-state index contributed by atoms with van der Waals surface area (Å²) in [4.78, 5) is 9.29. The van der Waals surface area contributed by atoms with E-state index in [0.717, 1.165) is 22.4 Å². The summed E-state index contributed by atoms with van der Waals surface area (Å²) in [5.41, 5.74) is 4.03. The highest BCUT2D eigenvalue weighted by Crippen LogP contribution is 2.42. The molecule has 1 aliphatic carbocycles. The fourth-order valence-corrected chi connectivity index (χ4v) is 4.23. The van der Waals surface area contributed by atoms with Crippen LogP contribution < -0.4 is 0 Å². The Morgan fingerprint density at radius 1 is 1.00 bits per heavy atom. The molecular weight excluding hydrogens is 338 g/mol. The van der Waals surface area contributed by atoms with Crippen molar-refractivity contribution in [3.8, 4) is 34.1 Å². The molecule has 1 fully saturated rings. The molecule has 5 rings (SSSR count). The summed E-state index contributed by atoms with van der Waals surface area (Å²) < 4.78 is 5.38. The Morgan fingerprint density at radius 2 is 1.92 bits per heavy atom. The molecule has 0 bridgehead atoms. The van der Waals surface area contributed by atoms with Crippen LogP contribution in [0.25, 0.3) is 34.1 Å². The smallest absolute Gasteiger partial charge is 0.259 e. The second-order valence-electron chi connectivity index (χ2n) is 5.86. The van der Waals surface area contributed by atoms with Crippen LogP contribution in [-0.4, -0.2) is 15.1 Å². The lowest BCUT2D eigenvalue weighted by Crippen LogP contribution is -1.84. The molecule has 4 aromatic rings. The molecule has 24 heavy (non-hydrogen) atoms. The average molecular weight is 351 g/mol. The second kappa shape index (κ2) is 5.65. The van der Waals surface area contributed by atoms with E-state index in [1.807, 2.05) is 29.0 Å². The summed E-state index contributed by atoms with van der Waals surface area (Å²) in [6, 6.07) is 10.2. The highest BCUT2D eigenvalue weighted by molar-refractivity contribution is 7.10. The molecule has 118 valence electrons. The van der Waals surface area contributed by atoms with Crippen molar-refractivity contribution in [1.29, 1.82) is 0 Å². The van der Waals surface area contributed by atoms with E-state index in [1.165, 1.54) is 17.8 Å². The van der Waals surface area contributed by atoms with Crippen molar-refractivity contribution in [3.63, 3.8) is 0 Å². The van der Waals surface area contributed by atoms with Crippen molar-refractivity contribution in [2.45, 2.75) is 18.8 Å². The maximum absolute atomic E-state index is 5.38. The predicted molar refractivity (Wildman–Crippen MR) is 96.1 cm³/mol. The number of hydrogen-bond acceptors (Lipinski definition) is 6. The van der Waals surface area contributed by atoms with Gasteiger partial charge in [0, 0.05) is 27.8 Å². The number of benzene rings is 1. The molecule has 1 saturated carbocycles. The van der Waals surface area contributed by atoms with Crippen LogP contribution >= 0.6 is 22.7 Å². The van der Waals surface area contributed by atoms with Crippen LogP contribution in [-0.2, 0) is 0 Å². The van der Waals surface area contributed by atoms with Gasteiger partial charge in [-0.1, -0.05) is 23.4 Å². The number of thiazole rings is 1. The van der Waals surface area contributed by atoms with Crippen molar-refractivity contribution >= 4 is 22.7 Å². The van der Waals surface area contributed by atoms with Crippen molar-refractivity contribution in [3.05, 3.63) is 51.5 Å². The van der Waals surface area contributed by atoms with E-state index in [2.05, 4.69) is 27.7 Å². The minimum absolute atomic E-state index is 0.557. The first-order valence-corrected chi connectivity index (χ1v) is 9.61. The first-order chi connectivity index (χ1) is 11.9. The Balaban J connectivity index is 1.48. The quantitative estimate of drug-likeness (QED) is 0.489. The molecule has 0 saturated heterocycles. The third-order valence-corrected chi connectivity index (χ3v) is 5.75. The van der Waals surface area contributed by atoms with Crippen molar-refractivity contribution < 1.29 is 4.52 Å². The fraction of sp³-hybridized carbons (Fsp3) is 0.167. The number of aromatic nitrogens is 3. The van der Waals surface area contributed by atoms with Gasteiger partial charge in [0.15, 0.2) is 0 Å². The minimum atomic E-state index is 0.557. The first kappa shape index (κ1) is 14.1. The monoisotopic (exact) mass is 351 g/mol. The molecule has 0 atom stereocenters. The van der Waals surface area contributed by atoms with Gasteiger partial charge in [-0.15, -0.1) is 11.3 Å². The van der Waals surface area contributed by atoms with Crippen LogP contribution in [0, 0.1) is 0 Å². The third kappa shape index (κ3) is 2.57. The molecule has 1 aliphatic rings. The van der Waals surface area contributed by atoms with Gasteiger partial charge in [0.2, 0.25) is 5.82 Å². The predicted octanol–water partition coefficient (Wildman–Crippen LogP) is 5.47. The third-order valence-electron chi connectivity index (χ3n) is 4.06. The second-order valence-corrected chi connectivity index (χ2v) is 7.53. The molecule has 0 spiro atoms. The lowest BCUT2D eigenvalue weighted by atomic mass is 10.1. The van der Waals surface area contributed by atoms with Crippen molar-refractivity contribution in [2.75, 3.05) is 0 Å². The van der Waals surface area contributed by atoms with Crippen LogP contribution in [0.4, 0.5) is 0 Å². The summed E-state index contributed by atoms with van der Waals surface area (Å²) >= 11 is 3.37. The van der Waals surface area contributed by atoms with Gasteiger partial charge in [0.1, 0.15) is 0 Å². The van der Waals surface area contributed by atoms with Crippen LogP contribution in [0.2, 0.25) is 0 Å². The van der Waals surface area contributed by atoms with Gasteiger partial charge in [0.25, 0.3) is 5.89 Å². The Labute approximate surface area is 146 Å². The van der Waals surface area contributed by atoms with Crippen molar-refractivity contribution in [1.82, 2.24) is 15.1 Å². The van der Waals surface area contributed by atoms with Crippen LogP contribution in [0.1, 0.15) is 23.8 Å². The van der Waals surface area contributed by atoms with Crippen molar-refractivity contribution in [2.24, 2.45) is 0 Å². The summed E-state index contributed by atoms with van der Waals surface area (Å²) in [6.45, 7) is 0. The maximum atomic E-state index is 5.38. The molecule has 6 heteroatoms.